The van der Waals surface area contributed by atoms with E-state index in [9.17, 15) is 9.18 Å². The summed E-state index contributed by atoms with van der Waals surface area (Å²) >= 11 is 0. The molecule has 5 rings (SSSR count). The highest BCUT2D eigenvalue weighted by Crippen LogP contribution is 2.35. The number of anilines is 2. The quantitative estimate of drug-likeness (QED) is 0.602. The van der Waals surface area contributed by atoms with Gasteiger partial charge in [0, 0.05) is 43.3 Å². The van der Waals surface area contributed by atoms with Gasteiger partial charge in [0.2, 0.25) is 0 Å². The van der Waals surface area contributed by atoms with Gasteiger partial charge >= 0.3 is 6.03 Å². The number of amides is 2. The molecule has 2 saturated heterocycles. The van der Waals surface area contributed by atoms with Crippen LogP contribution in [-0.2, 0) is 17.8 Å². The van der Waals surface area contributed by atoms with E-state index in [-0.39, 0.29) is 11.7 Å². The van der Waals surface area contributed by atoms with Gasteiger partial charge in [0.1, 0.15) is 11.6 Å². The predicted octanol–water partition coefficient (Wildman–Crippen LogP) is 2.72. The number of hydrogen-bond donors (Lipinski definition) is 3. The first-order valence-corrected chi connectivity index (χ1v) is 12.6. The van der Waals surface area contributed by atoms with Gasteiger partial charge in [-0.15, -0.1) is 0 Å². The number of fused-ring (bicyclic) bond motifs is 1. The summed E-state index contributed by atoms with van der Waals surface area (Å²) in [6, 6.07) is 5.02. The molecule has 188 valence electrons. The van der Waals surface area contributed by atoms with Crippen molar-refractivity contribution in [1.82, 2.24) is 25.5 Å². The Bertz CT molecular complexity index is 1080. The average molecular weight is 484 g/mol. The Balaban J connectivity index is 1.48. The highest BCUT2D eigenvalue weighted by Gasteiger charge is 2.34. The van der Waals surface area contributed by atoms with Crippen LogP contribution in [0.5, 0.6) is 0 Å². The van der Waals surface area contributed by atoms with E-state index in [4.69, 9.17) is 14.7 Å². The van der Waals surface area contributed by atoms with Gasteiger partial charge < -0.3 is 25.6 Å². The SMILES string of the molecule is CCNC(=O)Nc1ccc(-c2nc3c(c(N4CCOC[C@@H]4C)n2)CN(C2CCNCC2)C3)cc1F. The number of morpholine rings is 1. The molecule has 9 nitrogen and oxygen atoms in total. The third-order valence-corrected chi connectivity index (χ3v) is 7.06. The number of ether oxygens (including phenoxy) is 1. The maximum atomic E-state index is 14.9. The molecular formula is C25H34FN7O2. The van der Waals surface area contributed by atoms with E-state index >= 15 is 0 Å². The molecule has 10 heteroatoms. The van der Waals surface area contributed by atoms with E-state index in [1.54, 1.807) is 12.1 Å². The standard InChI is InChI=1S/C25H34FN7O2/c1-3-28-25(34)30-21-5-4-17(12-20(21)26)23-29-22-14-32(18-6-8-27-9-7-18)13-19(22)24(31-23)33-10-11-35-15-16(33)2/h4-5,12,16,18,27H,3,6-11,13-15H2,1-2H3,(H2,28,30,34)/t16-/m0/s1. The maximum absolute atomic E-state index is 14.9. The summed E-state index contributed by atoms with van der Waals surface area (Å²) in [5.74, 6) is 0.922. The number of carbonyl (C=O) groups excluding carboxylic acids is 1. The molecule has 0 spiro atoms. The first kappa shape index (κ1) is 23.9. The Hall–Kier alpha value is -2.82. The highest BCUT2D eigenvalue weighted by molar-refractivity contribution is 5.89. The molecule has 1 aromatic carbocycles. The second-order valence-electron chi connectivity index (χ2n) is 9.48. The molecule has 2 aromatic rings. The van der Waals surface area contributed by atoms with Gasteiger partial charge in [-0.3, -0.25) is 4.90 Å². The van der Waals surface area contributed by atoms with Gasteiger partial charge in [-0.2, -0.15) is 0 Å². The number of halogens is 1. The predicted molar refractivity (Wildman–Crippen MR) is 133 cm³/mol. The fourth-order valence-corrected chi connectivity index (χ4v) is 5.18. The minimum absolute atomic E-state index is 0.125. The van der Waals surface area contributed by atoms with Crippen molar-refractivity contribution in [2.24, 2.45) is 0 Å². The van der Waals surface area contributed by atoms with E-state index in [2.05, 4.69) is 32.7 Å². The molecule has 2 amide bonds. The van der Waals surface area contributed by atoms with Gasteiger partial charge in [-0.25, -0.2) is 19.2 Å². The first-order chi connectivity index (χ1) is 17.0. The molecule has 1 atom stereocenters. The van der Waals surface area contributed by atoms with Gasteiger partial charge in [0.25, 0.3) is 0 Å². The minimum atomic E-state index is -0.518. The number of carbonyl (C=O) groups is 1. The zero-order chi connectivity index (χ0) is 24.4. The van der Waals surface area contributed by atoms with E-state index in [1.165, 1.54) is 11.6 Å². The smallest absolute Gasteiger partial charge is 0.319 e. The zero-order valence-electron chi connectivity index (χ0n) is 20.4. The van der Waals surface area contributed by atoms with Crippen LogP contribution in [0.3, 0.4) is 0 Å². The van der Waals surface area contributed by atoms with Crippen molar-refractivity contribution < 1.29 is 13.9 Å². The van der Waals surface area contributed by atoms with Crippen LogP contribution >= 0.6 is 0 Å². The highest BCUT2D eigenvalue weighted by atomic mass is 19.1. The molecule has 0 bridgehead atoms. The normalized spacial score (nSPS) is 21.1. The lowest BCUT2D eigenvalue weighted by atomic mass is 10.1. The van der Waals surface area contributed by atoms with Crippen LogP contribution in [0.2, 0.25) is 0 Å². The maximum Gasteiger partial charge on any atom is 0.319 e. The van der Waals surface area contributed by atoms with Crippen molar-refractivity contribution in [2.75, 3.05) is 49.6 Å². The van der Waals surface area contributed by atoms with Gasteiger partial charge in [0.05, 0.1) is 30.6 Å². The molecule has 2 fully saturated rings. The summed E-state index contributed by atoms with van der Waals surface area (Å²) in [5.41, 5.74) is 2.91. The van der Waals surface area contributed by atoms with Crippen LogP contribution in [-0.4, -0.2) is 72.4 Å². The fourth-order valence-electron chi connectivity index (χ4n) is 5.18. The Morgan fingerprint density at radius 3 is 2.83 bits per heavy atom. The molecular weight excluding hydrogens is 449 g/mol. The molecule has 3 aliphatic rings. The minimum Gasteiger partial charge on any atom is -0.377 e. The van der Waals surface area contributed by atoms with Crippen molar-refractivity contribution in [1.29, 1.82) is 0 Å². The lowest BCUT2D eigenvalue weighted by molar-refractivity contribution is 0.0983. The lowest BCUT2D eigenvalue weighted by Crippen LogP contribution is -2.45. The summed E-state index contributed by atoms with van der Waals surface area (Å²) in [6.45, 7) is 10.2. The van der Waals surface area contributed by atoms with Crippen LogP contribution in [0.1, 0.15) is 37.9 Å². The number of piperidine rings is 1. The van der Waals surface area contributed by atoms with E-state index in [0.717, 1.165) is 57.1 Å². The molecule has 0 aliphatic carbocycles. The number of benzene rings is 1. The fraction of sp³-hybridized carbons (Fsp3) is 0.560. The molecule has 35 heavy (non-hydrogen) atoms. The number of nitrogens with zero attached hydrogens (tertiary/aromatic N) is 4. The average Bonchev–Trinajstić information content (AvgIpc) is 3.30. The van der Waals surface area contributed by atoms with Crippen molar-refractivity contribution >= 4 is 17.5 Å². The molecule has 1 aromatic heterocycles. The van der Waals surface area contributed by atoms with Gasteiger partial charge in [0.15, 0.2) is 5.82 Å². The van der Waals surface area contributed by atoms with Crippen molar-refractivity contribution in [2.45, 2.75) is 51.9 Å². The molecule has 0 unspecified atom stereocenters. The Morgan fingerprint density at radius 1 is 1.26 bits per heavy atom. The summed E-state index contributed by atoms with van der Waals surface area (Å²) < 4.78 is 20.6. The van der Waals surface area contributed by atoms with Crippen LogP contribution < -0.4 is 20.9 Å². The summed E-state index contributed by atoms with van der Waals surface area (Å²) in [5, 5.41) is 8.60. The third-order valence-electron chi connectivity index (χ3n) is 7.06. The monoisotopic (exact) mass is 483 g/mol. The third kappa shape index (κ3) is 5.10. The van der Waals surface area contributed by atoms with Gasteiger partial charge in [-0.05, 0) is 58.0 Å². The lowest BCUT2D eigenvalue weighted by Gasteiger charge is -2.35. The largest absolute Gasteiger partial charge is 0.377 e. The summed E-state index contributed by atoms with van der Waals surface area (Å²) in [7, 11) is 0. The molecule has 3 aliphatic heterocycles. The molecule has 0 radical (unpaired) electrons. The van der Waals surface area contributed by atoms with E-state index in [1.807, 2.05) is 6.92 Å². The van der Waals surface area contributed by atoms with E-state index < -0.39 is 11.8 Å². The van der Waals surface area contributed by atoms with Crippen molar-refractivity contribution in [3.8, 4) is 11.4 Å². The Kier molecular flexibility index (Phi) is 7.12. The zero-order valence-corrected chi connectivity index (χ0v) is 20.4. The topological polar surface area (TPSA) is 94.7 Å². The van der Waals surface area contributed by atoms with E-state index in [0.29, 0.717) is 37.2 Å². The van der Waals surface area contributed by atoms with Crippen LogP contribution in [0.25, 0.3) is 11.4 Å². The number of nitrogens with one attached hydrogen (secondary N) is 3. The van der Waals surface area contributed by atoms with Crippen LogP contribution in [0, 0.1) is 5.82 Å². The summed E-state index contributed by atoms with van der Waals surface area (Å²) in [4.78, 5) is 26.5. The molecule has 0 saturated carbocycles. The number of hydrogen-bond acceptors (Lipinski definition) is 7. The summed E-state index contributed by atoms with van der Waals surface area (Å²) in [6.07, 6.45) is 2.26. The first-order valence-electron chi connectivity index (χ1n) is 12.6. The second kappa shape index (κ2) is 10.4. The molecule has 4 heterocycles. The molecule has 3 N–H and O–H groups in total. The van der Waals surface area contributed by atoms with Gasteiger partial charge in [-0.1, -0.05) is 0 Å². The second-order valence-corrected chi connectivity index (χ2v) is 9.48. The van der Waals surface area contributed by atoms with Crippen LogP contribution in [0.15, 0.2) is 18.2 Å². The number of rotatable bonds is 5. The van der Waals surface area contributed by atoms with Crippen LogP contribution in [0.4, 0.5) is 20.7 Å². The van der Waals surface area contributed by atoms with Crippen molar-refractivity contribution in [3.05, 3.63) is 35.3 Å². The number of urea groups is 1. The van der Waals surface area contributed by atoms with Crippen molar-refractivity contribution in [3.63, 3.8) is 0 Å². The Morgan fingerprint density at radius 2 is 2.09 bits per heavy atom. The number of aromatic nitrogens is 2. The Labute approximate surface area is 205 Å².